The molecule has 1 fully saturated rings. The van der Waals surface area contributed by atoms with Crippen molar-refractivity contribution in [3.63, 3.8) is 0 Å². The van der Waals surface area contributed by atoms with Crippen molar-refractivity contribution in [2.75, 3.05) is 32.8 Å². The second-order valence-corrected chi connectivity index (χ2v) is 5.08. The molecule has 2 rings (SSSR count). The van der Waals surface area contributed by atoms with Crippen molar-refractivity contribution in [1.29, 1.82) is 0 Å². The van der Waals surface area contributed by atoms with Crippen molar-refractivity contribution in [1.82, 2.24) is 9.88 Å². The largest absolute Gasteiger partial charge is 0.379 e. The molecule has 1 aromatic heterocycles. The van der Waals surface area contributed by atoms with Crippen LogP contribution in [-0.2, 0) is 11.2 Å². The lowest BCUT2D eigenvalue weighted by molar-refractivity contribution is 0.0350. The third-order valence-electron chi connectivity index (χ3n) is 3.33. The number of pyridine rings is 1. The highest BCUT2D eigenvalue weighted by Crippen LogP contribution is 2.07. The summed E-state index contributed by atoms with van der Waals surface area (Å²) in [6, 6.07) is 2.43. The van der Waals surface area contributed by atoms with Gasteiger partial charge in [0.25, 0.3) is 0 Å². The fourth-order valence-electron chi connectivity index (χ4n) is 2.31. The van der Waals surface area contributed by atoms with Gasteiger partial charge in [-0.3, -0.25) is 9.88 Å². The van der Waals surface area contributed by atoms with Gasteiger partial charge in [-0.15, -0.1) is 0 Å². The van der Waals surface area contributed by atoms with Crippen LogP contribution in [0.5, 0.6) is 0 Å². The van der Waals surface area contributed by atoms with Crippen LogP contribution in [0.4, 0.5) is 0 Å². The van der Waals surface area contributed by atoms with Crippen LogP contribution in [0.2, 0.25) is 0 Å². The normalized spacial score (nSPS) is 18.8. The van der Waals surface area contributed by atoms with Gasteiger partial charge < -0.3 is 10.5 Å². The Hall–Kier alpha value is -0.970. The molecule has 1 aliphatic rings. The summed E-state index contributed by atoms with van der Waals surface area (Å²) < 4.78 is 5.33. The predicted molar refractivity (Wildman–Crippen MR) is 72.5 cm³/mol. The minimum absolute atomic E-state index is 0.239. The summed E-state index contributed by atoms with van der Waals surface area (Å²) in [7, 11) is 0. The van der Waals surface area contributed by atoms with Gasteiger partial charge in [-0.25, -0.2) is 0 Å². The van der Waals surface area contributed by atoms with Crippen LogP contribution in [-0.4, -0.2) is 48.8 Å². The Bertz CT molecular complexity index is 364. The van der Waals surface area contributed by atoms with E-state index in [1.807, 2.05) is 12.4 Å². The number of nitrogens with two attached hydrogens (primary N) is 1. The first-order valence-corrected chi connectivity index (χ1v) is 6.70. The Morgan fingerprint density at radius 1 is 1.39 bits per heavy atom. The van der Waals surface area contributed by atoms with E-state index in [1.165, 1.54) is 11.1 Å². The van der Waals surface area contributed by atoms with Crippen LogP contribution in [0.25, 0.3) is 0 Å². The lowest BCUT2D eigenvalue weighted by Gasteiger charge is -2.29. The number of aromatic nitrogens is 1. The van der Waals surface area contributed by atoms with Crippen molar-refractivity contribution in [2.45, 2.75) is 25.8 Å². The zero-order chi connectivity index (χ0) is 12.8. The van der Waals surface area contributed by atoms with Crippen molar-refractivity contribution >= 4 is 0 Å². The van der Waals surface area contributed by atoms with Crippen LogP contribution in [0.1, 0.15) is 17.5 Å². The standard InChI is InChI=1S/C14H23N3O/c1-12-8-13(10-16-9-12)2-3-14(15)11-17-4-6-18-7-5-17/h8-10,14H,2-7,11,15H2,1H3. The monoisotopic (exact) mass is 249 g/mol. The summed E-state index contributed by atoms with van der Waals surface area (Å²) in [6.07, 6.45) is 5.86. The minimum atomic E-state index is 0.239. The van der Waals surface area contributed by atoms with E-state index in [2.05, 4.69) is 22.9 Å². The zero-order valence-corrected chi connectivity index (χ0v) is 11.1. The molecule has 1 aromatic rings. The van der Waals surface area contributed by atoms with Gasteiger partial charge in [0.05, 0.1) is 13.2 Å². The quantitative estimate of drug-likeness (QED) is 0.845. The highest BCUT2D eigenvalue weighted by Gasteiger charge is 2.13. The molecule has 0 bridgehead atoms. The van der Waals surface area contributed by atoms with Crippen molar-refractivity contribution < 1.29 is 4.74 Å². The molecule has 0 aromatic carbocycles. The summed E-state index contributed by atoms with van der Waals surface area (Å²) in [5.74, 6) is 0. The predicted octanol–water partition coefficient (Wildman–Crippen LogP) is 0.982. The number of hydrogen-bond donors (Lipinski definition) is 1. The molecule has 2 heterocycles. The lowest BCUT2D eigenvalue weighted by Crippen LogP contribution is -2.43. The molecule has 0 aliphatic carbocycles. The highest BCUT2D eigenvalue weighted by molar-refractivity contribution is 5.16. The van der Waals surface area contributed by atoms with E-state index in [0.29, 0.717) is 0 Å². The van der Waals surface area contributed by atoms with Gasteiger partial charge in [-0.05, 0) is 30.9 Å². The molecule has 1 unspecified atom stereocenters. The van der Waals surface area contributed by atoms with Gasteiger partial charge in [0, 0.05) is 38.1 Å². The Balaban J connectivity index is 1.72. The van der Waals surface area contributed by atoms with Gasteiger partial charge in [0.2, 0.25) is 0 Å². The topological polar surface area (TPSA) is 51.4 Å². The van der Waals surface area contributed by atoms with E-state index in [0.717, 1.165) is 45.7 Å². The maximum Gasteiger partial charge on any atom is 0.0594 e. The summed E-state index contributed by atoms with van der Waals surface area (Å²) in [5.41, 5.74) is 8.69. The molecule has 0 saturated carbocycles. The number of morpholine rings is 1. The second kappa shape index (κ2) is 6.83. The molecule has 0 amide bonds. The van der Waals surface area contributed by atoms with Gasteiger partial charge in [0.15, 0.2) is 0 Å². The number of ether oxygens (including phenoxy) is 1. The number of rotatable bonds is 5. The average Bonchev–Trinajstić information content (AvgIpc) is 2.38. The summed E-state index contributed by atoms with van der Waals surface area (Å²) >= 11 is 0. The molecular formula is C14H23N3O. The third-order valence-corrected chi connectivity index (χ3v) is 3.33. The first-order valence-electron chi connectivity index (χ1n) is 6.70. The van der Waals surface area contributed by atoms with Crippen molar-refractivity contribution in [2.24, 2.45) is 5.73 Å². The highest BCUT2D eigenvalue weighted by atomic mass is 16.5. The maximum absolute atomic E-state index is 6.19. The Morgan fingerprint density at radius 2 is 2.17 bits per heavy atom. The maximum atomic E-state index is 6.19. The van der Waals surface area contributed by atoms with Gasteiger partial charge >= 0.3 is 0 Å². The van der Waals surface area contributed by atoms with Gasteiger partial charge in [-0.2, -0.15) is 0 Å². The molecule has 2 N–H and O–H groups in total. The molecule has 1 saturated heterocycles. The lowest BCUT2D eigenvalue weighted by atomic mass is 10.1. The van der Waals surface area contributed by atoms with Crippen LogP contribution in [0.15, 0.2) is 18.5 Å². The Morgan fingerprint density at radius 3 is 2.89 bits per heavy atom. The minimum Gasteiger partial charge on any atom is -0.379 e. The van der Waals surface area contributed by atoms with E-state index in [-0.39, 0.29) is 6.04 Å². The molecule has 4 heteroatoms. The molecule has 0 radical (unpaired) electrons. The van der Waals surface area contributed by atoms with Crippen LogP contribution in [0, 0.1) is 6.92 Å². The zero-order valence-electron chi connectivity index (χ0n) is 11.1. The fourth-order valence-corrected chi connectivity index (χ4v) is 2.31. The van der Waals surface area contributed by atoms with Gasteiger partial charge in [0.1, 0.15) is 0 Å². The fraction of sp³-hybridized carbons (Fsp3) is 0.643. The molecular weight excluding hydrogens is 226 g/mol. The van der Waals surface area contributed by atoms with E-state index in [9.17, 15) is 0 Å². The molecule has 1 atom stereocenters. The van der Waals surface area contributed by atoms with Gasteiger partial charge in [-0.1, -0.05) is 6.07 Å². The summed E-state index contributed by atoms with van der Waals surface area (Å²) in [4.78, 5) is 6.60. The van der Waals surface area contributed by atoms with Crippen molar-refractivity contribution in [3.05, 3.63) is 29.6 Å². The number of hydrogen-bond acceptors (Lipinski definition) is 4. The van der Waals surface area contributed by atoms with E-state index >= 15 is 0 Å². The molecule has 100 valence electrons. The van der Waals surface area contributed by atoms with Crippen LogP contribution >= 0.6 is 0 Å². The summed E-state index contributed by atoms with van der Waals surface area (Å²) in [6.45, 7) is 6.76. The average molecular weight is 249 g/mol. The molecule has 18 heavy (non-hydrogen) atoms. The van der Waals surface area contributed by atoms with E-state index in [1.54, 1.807) is 0 Å². The Kier molecular flexibility index (Phi) is 5.11. The number of aryl methyl sites for hydroxylation is 2. The van der Waals surface area contributed by atoms with E-state index in [4.69, 9.17) is 10.5 Å². The first kappa shape index (κ1) is 13.5. The molecule has 0 spiro atoms. The smallest absolute Gasteiger partial charge is 0.0594 e. The van der Waals surface area contributed by atoms with Crippen LogP contribution < -0.4 is 5.73 Å². The van der Waals surface area contributed by atoms with Crippen LogP contribution in [0.3, 0.4) is 0 Å². The number of nitrogens with zero attached hydrogens (tertiary/aromatic N) is 2. The SMILES string of the molecule is Cc1cncc(CCC(N)CN2CCOCC2)c1. The van der Waals surface area contributed by atoms with Crippen molar-refractivity contribution in [3.8, 4) is 0 Å². The van der Waals surface area contributed by atoms with E-state index < -0.39 is 0 Å². The first-order chi connectivity index (χ1) is 8.74. The second-order valence-electron chi connectivity index (χ2n) is 5.08. The Labute approximate surface area is 109 Å². The third kappa shape index (κ3) is 4.37. The molecule has 1 aliphatic heterocycles. The molecule has 4 nitrogen and oxygen atoms in total. The summed E-state index contributed by atoms with van der Waals surface area (Å²) in [5, 5.41) is 0.